The van der Waals surface area contributed by atoms with E-state index in [0.29, 0.717) is 22.4 Å². The number of anilines is 3. The fourth-order valence-corrected chi connectivity index (χ4v) is 5.86. The molecular weight excluding hydrogens is 567 g/mol. The van der Waals surface area contributed by atoms with Crippen molar-refractivity contribution in [2.24, 2.45) is 0 Å². The molecule has 0 aliphatic heterocycles. The van der Waals surface area contributed by atoms with Crippen molar-refractivity contribution in [2.45, 2.75) is 0 Å². The summed E-state index contributed by atoms with van der Waals surface area (Å²) in [6.07, 6.45) is 0. The van der Waals surface area contributed by atoms with Crippen molar-refractivity contribution < 1.29 is 11.0 Å². The monoisotopic (exact) mass is 607 g/mol. The van der Waals surface area contributed by atoms with Crippen molar-refractivity contribution in [3.8, 4) is 44.5 Å². The lowest BCUT2D eigenvalue weighted by Crippen LogP contribution is -2.11. The van der Waals surface area contributed by atoms with Crippen LogP contribution < -0.4 is 4.90 Å². The van der Waals surface area contributed by atoms with Gasteiger partial charge < -0.3 is 4.90 Å². The first-order valence-electron chi connectivity index (χ1n) is 19.5. The summed E-state index contributed by atoms with van der Waals surface area (Å²) >= 11 is 0. The molecule has 0 spiro atoms. The molecule has 0 unspecified atom stereocenters. The molecule has 1 heteroatoms. The van der Waals surface area contributed by atoms with Gasteiger partial charge in [-0.3, -0.25) is 0 Å². The molecule has 8 rings (SSSR count). The van der Waals surface area contributed by atoms with E-state index in [1.807, 2.05) is 127 Å². The highest BCUT2D eigenvalue weighted by Crippen LogP contribution is 2.42. The van der Waals surface area contributed by atoms with E-state index in [4.69, 9.17) is 2.74 Å². The van der Waals surface area contributed by atoms with Crippen molar-refractivity contribution in [1.29, 1.82) is 0 Å². The lowest BCUT2D eigenvalue weighted by atomic mass is 9.98. The number of fused-ring (bicyclic) bond motifs is 1. The van der Waals surface area contributed by atoms with Crippen LogP contribution >= 0.6 is 0 Å². The highest BCUT2D eigenvalue weighted by atomic mass is 15.1. The number of rotatable bonds is 7. The van der Waals surface area contributed by atoms with Crippen LogP contribution in [-0.4, -0.2) is 0 Å². The Morgan fingerprint density at radius 3 is 1.77 bits per heavy atom. The SMILES string of the molecule is [2H]c1c([2H])c(-c2ccc3ccccc3c2)c([2H])c(N(c2ccccc2-c2ccccc2)c2c([2H])c([2H])c(-c3cccc(-c4ccccc4)c3)c([2H])c2[2H])c1[2H]. The zero-order valence-electron chi connectivity index (χ0n) is 33.4. The molecule has 0 radical (unpaired) electrons. The Morgan fingerprint density at radius 1 is 0.362 bits per heavy atom. The number of nitrogens with zero attached hydrogens (tertiary/aromatic N) is 1. The minimum atomic E-state index is -0.445. The maximum absolute atomic E-state index is 9.72. The van der Waals surface area contributed by atoms with E-state index < -0.39 is 12.1 Å². The van der Waals surface area contributed by atoms with Gasteiger partial charge in [0, 0.05) is 16.9 Å². The van der Waals surface area contributed by atoms with Crippen molar-refractivity contribution in [1.82, 2.24) is 0 Å². The molecule has 0 bridgehead atoms. The molecule has 0 amide bonds. The molecule has 0 saturated carbocycles. The molecule has 0 heterocycles. The number of hydrogen-bond donors (Lipinski definition) is 0. The van der Waals surface area contributed by atoms with Gasteiger partial charge in [0.2, 0.25) is 0 Å². The summed E-state index contributed by atoms with van der Waals surface area (Å²) in [7, 11) is 0. The predicted octanol–water partition coefficient (Wildman–Crippen LogP) is 13.0. The summed E-state index contributed by atoms with van der Waals surface area (Å²) in [4.78, 5) is 1.42. The van der Waals surface area contributed by atoms with Crippen LogP contribution in [0, 0.1) is 0 Å². The minimum Gasteiger partial charge on any atom is -0.310 e. The van der Waals surface area contributed by atoms with Gasteiger partial charge in [-0.1, -0.05) is 158 Å². The zero-order chi connectivity index (χ0) is 38.4. The second-order valence-corrected chi connectivity index (χ2v) is 11.2. The van der Waals surface area contributed by atoms with E-state index in [0.717, 1.165) is 27.5 Å². The molecule has 0 aromatic heterocycles. The fraction of sp³-hybridized carbons (Fsp3) is 0. The van der Waals surface area contributed by atoms with E-state index in [2.05, 4.69) is 0 Å². The van der Waals surface area contributed by atoms with Crippen LogP contribution in [0.4, 0.5) is 17.1 Å². The Labute approximate surface area is 287 Å². The molecule has 0 aliphatic carbocycles. The summed E-state index contributed by atoms with van der Waals surface area (Å²) in [5.41, 5.74) is 4.55. The maximum Gasteiger partial charge on any atom is 0.0651 e. The van der Waals surface area contributed by atoms with Crippen molar-refractivity contribution >= 4 is 27.8 Å². The molecule has 8 aromatic rings. The average Bonchev–Trinajstić information content (AvgIpc) is 3.22. The van der Waals surface area contributed by atoms with Gasteiger partial charge >= 0.3 is 0 Å². The molecule has 8 aromatic carbocycles. The lowest BCUT2D eigenvalue weighted by molar-refractivity contribution is 1.28. The second kappa shape index (κ2) is 12.7. The van der Waals surface area contributed by atoms with E-state index in [-0.39, 0.29) is 58.8 Å². The molecule has 222 valence electrons. The molecule has 47 heavy (non-hydrogen) atoms. The van der Waals surface area contributed by atoms with Crippen LogP contribution in [0.25, 0.3) is 55.3 Å². The predicted molar refractivity (Wildman–Crippen MR) is 200 cm³/mol. The summed E-state index contributed by atoms with van der Waals surface area (Å²) in [5.74, 6) is 0. The van der Waals surface area contributed by atoms with Crippen molar-refractivity contribution in [3.05, 3.63) is 200 Å². The van der Waals surface area contributed by atoms with E-state index in [9.17, 15) is 8.22 Å². The van der Waals surface area contributed by atoms with Crippen LogP contribution in [0.5, 0.6) is 0 Å². The highest BCUT2D eigenvalue weighted by molar-refractivity contribution is 5.91. The molecule has 0 fully saturated rings. The average molecular weight is 608 g/mol. The summed E-state index contributed by atoms with van der Waals surface area (Å²) in [5, 5.41) is 1.84. The Morgan fingerprint density at radius 2 is 0.979 bits per heavy atom. The number of para-hydroxylation sites is 1. The fourth-order valence-electron chi connectivity index (χ4n) is 5.86. The molecule has 0 aliphatic rings. The largest absolute Gasteiger partial charge is 0.310 e. The minimum absolute atomic E-state index is 0.115. The highest BCUT2D eigenvalue weighted by Gasteiger charge is 2.18. The van der Waals surface area contributed by atoms with Gasteiger partial charge in [0.15, 0.2) is 0 Å². The first-order valence-corrected chi connectivity index (χ1v) is 15.5. The van der Waals surface area contributed by atoms with Gasteiger partial charge in [0.1, 0.15) is 0 Å². The van der Waals surface area contributed by atoms with Gasteiger partial charge in [0.25, 0.3) is 0 Å². The number of benzene rings is 8. The van der Waals surface area contributed by atoms with Gasteiger partial charge in [-0.15, -0.1) is 0 Å². The van der Waals surface area contributed by atoms with Crippen molar-refractivity contribution in [2.75, 3.05) is 4.90 Å². The zero-order valence-corrected chi connectivity index (χ0v) is 25.4. The van der Waals surface area contributed by atoms with Crippen LogP contribution in [0.2, 0.25) is 0 Å². The van der Waals surface area contributed by atoms with Gasteiger partial charge in [-0.05, 0) is 92.1 Å². The lowest BCUT2D eigenvalue weighted by Gasteiger charge is -2.28. The maximum atomic E-state index is 9.72. The topological polar surface area (TPSA) is 3.24 Å². The first kappa shape index (κ1) is 20.8. The molecule has 1 nitrogen and oxygen atoms in total. The molecule has 0 saturated heterocycles. The second-order valence-electron chi connectivity index (χ2n) is 11.2. The molecular formula is C46H33N. The normalized spacial score (nSPS) is 13.4. The third kappa shape index (κ3) is 5.83. The Bertz CT molecular complexity index is 2720. The van der Waals surface area contributed by atoms with E-state index in [1.54, 1.807) is 24.3 Å². The summed E-state index contributed by atoms with van der Waals surface area (Å²) < 4.78 is 75.0. The van der Waals surface area contributed by atoms with Crippen LogP contribution in [0.3, 0.4) is 0 Å². The third-order valence-corrected chi connectivity index (χ3v) is 8.20. The third-order valence-electron chi connectivity index (χ3n) is 8.20. The van der Waals surface area contributed by atoms with Gasteiger partial charge in [0.05, 0.1) is 16.7 Å². The Balaban J connectivity index is 1.43. The van der Waals surface area contributed by atoms with E-state index >= 15 is 0 Å². The van der Waals surface area contributed by atoms with Crippen LogP contribution in [0.1, 0.15) is 11.0 Å². The van der Waals surface area contributed by atoms with Crippen LogP contribution in [0.15, 0.2) is 200 Å². The first-order chi connectivity index (χ1) is 26.7. The van der Waals surface area contributed by atoms with Crippen LogP contribution in [-0.2, 0) is 0 Å². The van der Waals surface area contributed by atoms with E-state index in [1.165, 1.54) is 4.90 Å². The smallest absolute Gasteiger partial charge is 0.0651 e. The van der Waals surface area contributed by atoms with Gasteiger partial charge in [-0.25, -0.2) is 0 Å². The molecule has 0 N–H and O–H groups in total. The Hall–Kier alpha value is -6.18. The standard InChI is InChI=1S/C46H33N/c1-3-13-34(14-4-1)39-19-11-20-40(31-39)36-27-29-43(30-28-36)47(46-24-10-9-23-45(46)37-16-5-2-6-17-37)44-22-12-21-41(33-44)42-26-25-35-15-7-8-18-38(35)32-42/h1-33H/i12D,21D,22D,27D,28D,29D,30D,33D. The summed E-state index contributed by atoms with van der Waals surface area (Å²) in [6, 6.07) is 44.2. The molecule has 0 atom stereocenters. The summed E-state index contributed by atoms with van der Waals surface area (Å²) in [6.45, 7) is 0. The quantitative estimate of drug-likeness (QED) is 0.174. The van der Waals surface area contributed by atoms with Gasteiger partial charge in [-0.2, -0.15) is 0 Å². The van der Waals surface area contributed by atoms with Crippen molar-refractivity contribution in [3.63, 3.8) is 0 Å². The number of hydrogen-bond acceptors (Lipinski definition) is 1. The Kier molecular flexibility index (Phi) is 5.60.